The van der Waals surface area contributed by atoms with Gasteiger partial charge in [0.25, 0.3) is 0 Å². The Morgan fingerprint density at radius 1 is 1.33 bits per heavy atom. The van der Waals surface area contributed by atoms with E-state index in [1.165, 1.54) is 32.1 Å². The largest absolute Gasteiger partial charge is 0.389 e. The van der Waals surface area contributed by atoms with E-state index in [1.54, 1.807) is 0 Å². The predicted molar refractivity (Wildman–Crippen MR) is 82.6 cm³/mol. The van der Waals surface area contributed by atoms with E-state index in [4.69, 9.17) is 29.6 Å². The Hall–Kier alpha value is -0.800. The van der Waals surface area contributed by atoms with Crippen LogP contribution in [0.4, 0.5) is 5.69 Å². The van der Waals surface area contributed by atoms with Gasteiger partial charge in [0.2, 0.25) is 0 Å². The number of thiocarbonyl (C=S) groups is 1. The molecule has 0 aliphatic heterocycles. The van der Waals surface area contributed by atoms with E-state index in [0.717, 1.165) is 16.3 Å². The van der Waals surface area contributed by atoms with Crippen LogP contribution in [0.25, 0.3) is 0 Å². The number of nitrogens with two attached hydrogens (primary N) is 1. The molecule has 1 aliphatic rings. The van der Waals surface area contributed by atoms with Crippen LogP contribution in [0.5, 0.6) is 0 Å². The topological polar surface area (TPSA) is 29.3 Å². The first kappa shape index (κ1) is 13.6. The van der Waals surface area contributed by atoms with E-state index in [9.17, 15) is 0 Å². The molecule has 1 aliphatic carbocycles. The third-order valence-electron chi connectivity index (χ3n) is 3.73. The quantitative estimate of drug-likeness (QED) is 0.857. The second kappa shape index (κ2) is 5.89. The Balaban J connectivity index is 2.30. The molecule has 1 saturated carbocycles. The third-order valence-corrected chi connectivity index (χ3v) is 4.18. The molecular weight excluding hydrogens is 264 g/mol. The van der Waals surface area contributed by atoms with Gasteiger partial charge in [-0.3, -0.25) is 0 Å². The second-order valence-corrected chi connectivity index (χ2v) is 5.80. The maximum absolute atomic E-state index is 6.09. The first-order chi connectivity index (χ1) is 8.59. The summed E-state index contributed by atoms with van der Waals surface area (Å²) >= 11 is 11.2. The van der Waals surface area contributed by atoms with Crippen LogP contribution in [-0.2, 0) is 0 Å². The molecule has 0 unspecified atom stereocenters. The molecule has 0 heterocycles. The van der Waals surface area contributed by atoms with Crippen LogP contribution < -0.4 is 10.6 Å². The lowest BCUT2D eigenvalue weighted by atomic mass is 9.94. The van der Waals surface area contributed by atoms with E-state index in [2.05, 4.69) is 11.9 Å². The summed E-state index contributed by atoms with van der Waals surface area (Å²) in [5.74, 6) is 0. The van der Waals surface area contributed by atoms with Crippen molar-refractivity contribution in [2.24, 2.45) is 5.73 Å². The van der Waals surface area contributed by atoms with Crippen LogP contribution >= 0.6 is 23.8 Å². The monoisotopic (exact) mass is 282 g/mol. The fourth-order valence-electron chi connectivity index (χ4n) is 2.67. The molecule has 0 amide bonds. The summed E-state index contributed by atoms with van der Waals surface area (Å²) in [6, 6.07) is 6.29. The van der Waals surface area contributed by atoms with Gasteiger partial charge < -0.3 is 10.6 Å². The standard InChI is InChI=1S/C14H19ClN2S/c1-17(11-5-3-2-4-6-11)13-9-10(15)7-8-12(13)14(16)18/h7-9,11H,2-6H2,1H3,(H2,16,18). The minimum Gasteiger partial charge on any atom is -0.389 e. The maximum atomic E-state index is 6.09. The smallest absolute Gasteiger partial charge is 0.106 e. The van der Waals surface area contributed by atoms with Crippen molar-refractivity contribution in [1.82, 2.24) is 0 Å². The molecule has 2 nitrogen and oxygen atoms in total. The zero-order valence-electron chi connectivity index (χ0n) is 10.7. The predicted octanol–water partition coefficient (Wildman–Crippen LogP) is 3.74. The SMILES string of the molecule is CN(c1cc(Cl)ccc1C(N)=S)C1CCCCC1. The molecule has 1 fully saturated rings. The first-order valence-electron chi connectivity index (χ1n) is 6.42. The van der Waals surface area contributed by atoms with Crippen LogP contribution in [0.2, 0.25) is 5.02 Å². The Kier molecular flexibility index (Phi) is 4.46. The summed E-state index contributed by atoms with van der Waals surface area (Å²) in [6.07, 6.45) is 6.43. The van der Waals surface area contributed by atoms with Crippen LogP contribution in [0.3, 0.4) is 0 Å². The van der Waals surface area contributed by atoms with E-state index >= 15 is 0 Å². The van der Waals surface area contributed by atoms with Crippen LogP contribution in [0.1, 0.15) is 37.7 Å². The maximum Gasteiger partial charge on any atom is 0.106 e. The van der Waals surface area contributed by atoms with Gasteiger partial charge in [0.15, 0.2) is 0 Å². The summed E-state index contributed by atoms with van der Waals surface area (Å²) < 4.78 is 0. The molecular formula is C14H19ClN2S. The van der Waals surface area contributed by atoms with Gasteiger partial charge in [-0.1, -0.05) is 43.1 Å². The van der Waals surface area contributed by atoms with Crippen LogP contribution in [0, 0.1) is 0 Å². The van der Waals surface area contributed by atoms with Gasteiger partial charge in [0.1, 0.15) is 4.99 Å². The van der Waals surface area contributed by atoms with Gasteiger partial charge in [-0.25, -0.2) is 0 Å². The van der Waals surface area contributed by atoms with E-state index in [0.29, 0.717) is 11.0 Å². The Labute approximate surface area is 119 Å². The number of rotatable bonds is 3. The van der Waals surface area contributed by atoms with Crippen molar-refractivity contribution >= 4 is 34.5 Å². The minimum atomic E-state index is 0.435. The zero-order valence-corrected chi connectivity index (χ0v) is 12.2. The van der Waals surface area contributed by atoms with Crippen LogP contribution in [0.15, 0.2) is 18.2 Å². The molecule has 18 heavy (non-hydrogen) atoms. The van der Waals surface area contributed by atoms with Gasteiger partial charge in [0.05, 0.1) is 0 Å². The van der Waals surface area contributed by atoms with E-state index in [-0.39, 0.29) is 0 Å². The van der Waals surface area contributed by atoms with Crippen molar-refractivity contribution in [2.75, 3.05) is 11.9 Å². The van der Waals surface area contributed by atoms with Crippen LogP contribution in [-0.4, -0.2) is 18.1 Å². The van der Waals surface area contributed by atoms with Crippen molar-refractivity contribution in [3.8, 4) is 0 Å². The summed E-state index contributed by atoms with van der Waals surface area (Å²) in [7, 11) is 2.11. The first-order valence-corrected chi connectivity index (χ1v) is 7.20. The molecule has 0 aromatic heterocycles. The summed E-state index contributed by atoms with van der Waals surface area (Å²) in [4.78, 5) is 2.73. The Morgan fingerprint density at radius 2 is 2.00 bits per heavy atom. The number of hydrogen-bond acceptors (Lipinski definition) is 2. The molecule has 2 N–H and O–H groups in total. The average Bonchev–Trinajstić information content (AvgIpc) is 2.38. The molecule has 0 saturated heterocycles. The normalized spacial score (nSPS) is 16.6. The molecule has 1 aromatic rings. The number of nitrogens with zero attached hydrogens (tertiary/aromatic N) is 1. The second-order valence-electron chi connectivity index (χ2n) is 4.93. The zero-order chi connectivity index (χ0) is 13.1. The Morgan fingerprint density at radius 3 is 2.61 bits per heavy atom. The minimum absolute atomic E-state index is 0.435. The van der Waals surface area contributed by atoms with Crippen molar-refractivity contribution < 1.29 is 0 Å². The van der Waals surface area contributed by atoms with Gasteiger partial charge in [-0.05, 0) is 31.0 Å². The Bertz CT molecular complexity index is 441. The highest BCUT2D eigenvalue weighted by Gasteiger charge is 2.21. The molecule has 0 bridgehead atoms. The van der Waals surface area contributed by atoms with Gasteiger partial charge in [-0.2, -0.15) is 0 Å². The third kappa shape index (κ3) is 2.96. The molecule has 4 heteroatoms. The summed E-state index contributed by atoms with van der Waals surface area (Å²) in [5, 5.41) is 0.729. The number of anilines is 1. The van der Waals surface area contributed by atoms with Gasteiger partial charge >= 0.3 is 0 Å². The van der Waals surface area contributed by atoms with E-state index < -0.39 is 0 Å². The highest BCUT2D eigenvalue weighted by Crippen LogP contribution is 2.30. The summed E-state index contributed by atoms with van der Waals surface area (Å²) in [5.41, 5.74) is 7.77. The van der Waals surface area contributed by atoms with Gasteiger partial charge in [-0.15, -0.1) is 0 Å². The van der Waals surface area contributed by atoms with Crippen molar-refractivity contribution in [3.05, 3.63) is 28.8 Å². The molecule has 0 radical (unpaired) electrons. The highest BCUT2D eigenvalue weighted by atomic mass is 35.5. The lowest BCUT2D eigenvalue weighted by Gasteiger charge is -2.34. The average molecular weight is 283 g/mol. The fourth-order valence-corrected chi connectivity index (χ4v) is 3.01. The number of benzene rings is 1. The lowest BCUT2D eigenvalue weighted by Crippen LogP contribution is -2.34. The fraction of sp³-hybridized carbons (Fsp3) is 0.500. The van der Waals surface area contributed by atoms with Crippen molar-refractivity contribution in [1.29, 1.82) is 0 Å². The van der Waals surface area contributed by atoms with Gasteiger partial charge in [0, 0.05) is 29.4 Å². The van der Waals surface area contributed by atoms with Crippen molar-refractivity contribution in [3.63, 3.8) is 0 Å². The summed E-state index contributed by atoms with van der Waals surface area (Å²) in [6.45, 7) is 0. The van der Waals surface area contributed by atoms with Crippen molar-refractivity contribution in [2.45, 2.75) is 38.1 Å². The molecule has 2 rings (SSSR count). The van der Waals surface area contributed by atoms with E-state index in [1.807, 2.05) is 18.2 Å². The molecule has 0 atom stereocenters. The highest BCUT2D eigenvalue weighted by molar-refractivity contribution is 7.80. The molecule has 0 spiro atoms. The molecule has 1 aromatic carbocycles. The number of halogens is 1. The lowest BCUT2D eigenvalue weighted by molar-refractivity contribution is 0.427. The number of hydrogen-bond donors (Lipinski definition) is 1. The molecule has 98 valence electrons.